The third-order valence-electron chi connectivity index (χ3n) is 12.7. The number of ether oxygens (including phenoxy) is 4. The Labute approximate surface area is 401 Å². The van der Waals surface area contributed by atoms with E-state index in [1.165, 1.54) is 9.80 Å². The molecule has 0 saturated heterocycles. The van der Waals surface area contributed by atoms with Gasteiger partial charge in [-0.2, -0.15) is 0 Å². The monoisotopic (exact) mass is 1010 g/mol. The zero-order valence-electron chi connectivity index (χ0n) is 37.7. The summed E-state index contributed by atoms with van der Waals surface area (Å²) in [5.41, 5.74) is 3.03. The lowest BCUT2D eigenvalue weighted by Crippen LogP contribution is -2.40. The van der Waals surface area contributed by atoms with Gasteiger partial charge >= 0.3 is 0 Å². The van der Waals surface area contributed by atoms with Gasteiger partial charge in [-0.3, -0.25) is 29.0 Å². The Hall–Kier alpha value is -5.72. The number of hydrogen-bond donors (Lipinski definition) is 0. The van der Waals surface area contributed by atoms with Gasteiger partial charge in [0.15, 0.2) is 0 Å². The third-order valence-corrected chi connectivity index (χ3v) is 13.9. The summed E-state index contributed by atoms with van der Waals surface area (Å²) in [6.07, 6.45) is 7.50. The molecule has 7 aromatic carbocycles. The fraction of sp³-hybridized carbons (Fsp3) is 0.333. The molecule has 2 aliphatic heterocycles. The van der Waals surface area contributed by atoms with Crippen LogP contribution in [0.5, 0.6) is 23.0 Å². The molecule has 0 radical (unpaired) electrons. The van der Waals surface area contributed by atoms with E-state index in [9.17, 15) is 19.2 Å². The Morgan fingerprint density at radius 3 is 1.15 bits per heavy atom. The molecular weight excluding hydrogens is 964 g/mol. The SMILES string of the molecule is CCCCOc1ccc(CN2C(=O)c3ccc4c5c(Br)cc6c7c(ccc(c8c(Br)cc(c3c48)C2=O)c75)C(=O)N(Cc2ccc(OCCCC)cc2OCCCC)C6=O)c(OCCCC)c1. The van der Waals surface area contributed by atoms with E-state index in [0.29, 0.717) is 103 Å². The van der Waals surface area contributed by atoms with Crippen molar-refractivity contribution < 1.29 is 38.1 Å². The molecule has 2 aliphatic rings. The number of unbranched alkanes of at least 4 members (excludes halogenated alkanes) is 4. The first-order valence-corrected chi connectivity index (χ1v) is 24.8. The van der Waals surface area contributed by atoms with Crippen LogP contribution in [0.2, 0.25) is 0 Å². The quantitative estimate of drug-likeness (QED) is 0.0321. The van der Waals surface area contributed by atoms with Crippen molar-refractivity contribution in [3.8, 4) is 23.0 Å². The van der Waals surface area contributed by atoms with Crippen molar-refractivity contribution in [3.63, 3.8) is 0 Å². The second-order valence-electron chi connectivity index (χ2n) is 17.1. The minimum Gasteiger partial charge on any atom is -0.493 e. The molecule has 2 heterocycles. The van der Waals surface area contributed by atoms with E-state index in [1.807, 2.05) is 48.5 Å². The molecule has 0 fully saturated rings. The van der Waals surface area contributed by atoms with Gasteiger partial charge in [0.2, 0.25) is 0 Å². The molecule has 0 aromatic heterocycles. The summed E-state index contributed by atoms with van der Waals surface area (Å²) in [5.74, 6) is 0.890. The van der Waals surface area contributed by atoms with Crippen LogP contribution < -0.4 is 18.9 Å². The zero-order valence-corrected chi connectivity index (χ0v) is 40.9. The van der Waals surface area contributed by atoms with Gasteiger partial charge in [0, 0.05) is 86.8 Å². The number of halogens is 2. The maximum Gasteiger partial charge on any atom is 0.261 e. The maximum atomic E-state index is 14.7. The maximum absolute atomic E-state index is 14.7. The molecular formula is C54H52Br2N2O8. The fourth-order valence-corrected chi connectivity index (χ4v) is 10.5. The van der Waals surface area contributed by atoms with Crippen molar-refractivity contribution in [1.82, 2.24) is 9.80 Å². The van der Waals surface area contributed by atoms with Gasteiger partial charge in [-0.05, 0) is 85.0 Å². The molecule has 4 amide bonds. The molecule has 0 unspecified atom stereocenters. The standard InChI is InChI=1S/C54H52Br2N2O8/c1-5-9-21-63-33-15-13-31(43(25-33)65-23-11-7-3)29-57-51(59)37-19-17-35-48-42(56)28-40-46-38(20-18-36(50(46)48)47-41(55)27-39(53(57)61)45(37)49(35)47)52(60)58(54(40)62)30-32-14-16-34(64-22-10-6-2)26-44(32)66-24-12-8-4/h13-20,25-28H,5-12,21-24,29-30H2,1-4H3. The third kappa shape index (κ3) is 8.03. The number of benzene rings is 7. The summed E-state index contributed by atoms with van der Waals surface area (Å²) in [6, 6.07) is 22.2. The van der Waals surface area contributed by atoms with E-state index in [4.69, 9.17) is 18.9 Å². The summed E-state index contributed by atoms with van der Waals surface area (Å²) in [6.45, 7) is 10.6. The second-order valence-corrected chi connectivity index (χ2v) is 18.8. The highest BCUT2D eigenvalue weighted by molar-refractivity contribution is 9.11. The van der Waals surface area contributed by atoms with Gasteiger partial charge in [0.25, 0.3) is 23.6 Å². The smallest absolute Gasteiger partial charge is 0.261 e. The van der Waals surface area contributed by atoms with Gasteiger partial charge in [-0.15, -0.1) is 0 Å². The van der Waals surface area contributed by atoms with Gasteiger partial charge in [0.1, 0.15) is 23.0 Å². The first-order chi connectivity index (χ1) is 32.1. The van der Waals surface area contributed by atoms with Crippen molar-refractivity contribution in [3.05, 3.63) is 115 Å². The average molecular weight is 1020 g/mol. The van der Waals surface area contributed by atoms with E-state index < -0.39 is 23.6 Å². The molecule has 0 bridgehead atoms. The molecule has 7 aromatic rings. The molecule has 66 heavy (non-hydrogen) atoms. The van der Waals surface area contributed by atoms with E-state index in [2.05, 4.69) is 59.6 Å². The van der Waals surface area contributed by atoms with Crippen LogP contribution in [0.4, 0.5) is 0 Å². The number of carbonyl (C=O) groups excluding carboxylic acids is 4. The number of rotatable bonds is 20. The molecule has 12 heteroatoms. The van der Waals surface area contributed by atoms with Gasteiger partial charge in [-0.25, -0.2) is 0 Å². The Balaban J connectivity index is 1.11. The van der Waals surface area contributed by atoms with E-state index in [0.717, 1.165) is 83.7 Å². The van der Waals surface area contributed by atoms with Crippen molar-refractivity contribution in [2.75, 3.05) is 26.4 Å². The number of imide groups is 2. The topological polar surface area (TPSA) is 112 Å². The predicted molar refractivity (Wildman–Crippen MR) is 266 cm³/mol. The number of fused-ring (bicyclic) bond motifs is 2. The minimum absolute atomic E-state index is 0.0146. The number of carbonyl (C=O) groups is 4. The second kappa shape index (κ2) is 19.2. The normalized spacial score (nSPS) is 13.6. The summed E-state index contributed by atoms with van der Waals surface area (Å²) in [7, 11) is 0. The van der Waals surface area contributed by atoms with Crippen LogP contribution in [0.25, 0.3) is 43.1 Å². The molecule has 0 saturated carbocycles. The number of amides is 4. The van der Waals surface area contributed by atoms with Crippen LogP contribution in [0, 0.1) is 0 Å². The molecule has 0 N–H and O–H groups in total. The minimum atomic E-state index is -0.413. The van der Waals surface area contributed by atoms with Crippen molar-refractivity contribution in [1.29, 1.82) is 0 Å². The van der Waals surface area contributed by atoms with E-state index in [-0.39, 0.29) is 13.1 Å². The number of hydrogen-bond acceptors (Lipinski definition) is 8. The average Bonchev–Trinajstić information content (AvgIpc) is 3.31. The lowest BCUT2D eigenvalue weighted by Gasteiger charge is -2.31. The van der Waals surface area contributed by atoms with Crippen LogP contribution in [-0.2, 0) is 13.1 Å². The highest BCUT2D eigenvalue weighted by Gasteiger charge is 2.39. The fourth-order valence-electron chi connectivity index (χ4n) is 9.20. The van der Waals surface area contributed by atoms with Crippen molar-refractivity contribution >= 4 is 98.6 Å². The Morgan fingerprint density at radius 1 is 0.409 bits per heavy atom. The van der Waals surface area contributed by atoms with Crippen LogP contribution in [0.3, 0.4) is 0 Å². The van der Waals surface area contributed by atoms with Crippen LogP contribution in [0.1, 0.15) is 132 Å². The molecule has 0 aliphatic carbocycles. The molecule has 10 nitrogen and oxygen atoms in total. The Morgan fingerprint density at radius 2 is 0.773 bits per heavy atom. The summed E-state index contributed by atoms with van der Waals surface area (Å²) in [4.78, 5) is 61.1. The Bertz CT molecular complexity index is 2870. The van der Waals surface area contributed by atoms with Crippen molar-refractivity contribution in [2.45, 2.75) is 92.2 Å². The summed E-state index contributed by atoms with van der Waals surface area (Å²) < 4.78 is 25.7. The highest BCUT2D eigenvalue weighted by Crippen LogP contribution is 2.51. The lowest BCUT2D eigenvalue weighted by molar-refractivity contribution is 0.0581. The zero-order chi connectivity index (χ0) is 46.2. The molecule has 0 spiro atoms. The molecule has 0 atom stereocenters. The highest BCUT2D eigenvalue weighted by atomic mass is 79.9. The van der Waals surface area contributed by atoms with Gasteiger partial charge < -0.3 is 18.9 Å². The lowest BCUT2D eigenvalue weighted by atomic mass is 9.82. The first kappa shape index (κ1) is 45.4. The van der Waals surface area contributed by atoms with Crippen LogP contribution in [0.15, 0.2) is 81.7 Å². The van der Waals surface area contributed by atoms with Crippen LogP contribution in [-0.4, -0.2) is 59.9 Å². The van der Waals surface area contributed by atoms with E-state index >= 15 is 0 Å². The molecule has 340 valence electrons. The van der Waals surface area contributed by atoms with Gasteiger partial charge in [-0.1, -0.05) is 97.4 Å². The largest absolute Gasteiger partial charge is 0.493 e. The summed E-state index contributed by atoms with van der Waals surface area (Å²) >= 11 is 7.71. The predicted octanol–water partition coefficient (Wildman–Crippen LogP) is 13.6. The van der Waals surface area contributed by atoms with Crippen molar-refractivity contribution in [2.24, 2.45) is 0 Å². The van der Waals surface area contributed by atoms with Gasteiger partial charge in [0.05, 0.1) is 39.5 Å². The Kier molecular flexibility index (Phi) is 13.3. The number of nitrogens with zero attached hydrogens (tertiary/aromatic N) is 2. The molecule has 9 rings (SSSR count). The summed E-state index contributed by atoms with van der Waals surface area (Å²) in [5, 5.41) is 5.77. The first-order valence-electron chi connectivity index (χ1n) is 23.2. The van der Waals surface area contributed by atoms with Crippen LogP contribution >= 0.6 is 31.9 Å². The van der Waals surface area contributed by atoms with E-state index in [1.54, 1.807) is 24.3 Å².